The zero-order valence-corrected chi connectivity index (χ0v) is 31.7. The molecule has 2 saturated carbocycles. The molecule has 0 radical (unpaired) electrons. The minimum atomic E-state index is -1.92. The Balaban J connectivity index is 1.49. The van der Waals surface area contributed by atoms with Gasteiger partial charge in [-0.25, -0.2) is 4.99 Å². The average Bonchev–Trinajstić information content (AvgIpc) is 3.93. The molecule has 5 aliphatic rings. The van der Waals surface area contributed by atoms with Gasteiger partial charge < -0.3 is 40.7 Å². The van der Waals surface area contributed by atoms with Crippen LogP contribution in [-0.4, -0.2) is 62.2 Å². The summed E-state index contributed by atoms with van der Waals surface area (Å²) in [6.45, 7) is 2.97. The number of hydrogen-bond acceptors (Lipinski definition) is 12. The van der Waals surface area contributed by atoms with Gasteiger partial charge in [-0.1, -0.05) is 52.6 Å². The molecule has 8 rings (SSSR count). The summed E-state index contributed by atoms with van der Waals surface area (Å²) in [6.07, 6.45) is 9.33. The van der Waals surface area contributed by atoms with E-state index in [1.54, 1.807) is 32.1 Å². The van der Waals surface area contributed by atoms with E-state index in [0.29, 0.717) is 53.2 Å². The van der Waals surface area contributed by atoms with Gasteiger partial charge in [-0.15, -0.1) is 0 Å². The number of nitrogens with zero attached hydrogens (tertiary/aromatic N) is 1. The lowest BCUT2D eigenvalue weighted by molar-refractivity contribution is -0.114. The zero-order valence-electron chi connectivity index (χ0n) is 30.0. The van der Waals surface area contributed by atoms with Crippen molar-refractivity contribution >= 4 is 44.2 Å². The van der Waals surface area contributed by atoms with E-state index >= 15 is 4.79 Å². The van der Waals surface area contributed by atoms with Crippen molar-refractivity contribution in [2.75, 3.05) is 17.8 Å². The fraction of sp³-hybridized carbons (Fsp3) is 0.538. The maximum atomic E-state index is 15.7. The molecule has 3 aromatic rings. The number of benzene rings is 2. The third kappa shape index (κ3) is 5.66. The van der Waals surface area contributed by atoms with Gasteiger partial charge >= 0.3 is 0 Å². The van der Waals surface area contributed by atoms with Crippen LogP contribution in [0, 0.1) is 5.41 Å². The molecule has 2 fully saturated rings. The van der Waals surface area contributed by atoms with E-state index in [4.69, 9.17) is 30.4 Å². The maximum Gasteiger partial charge on any atom is 0.201 e. The van der Waals surface area contributed by atoms with Crippen molar-refractivity contribution in [2.24, 2.45) is 21.9 Å². The highest BCUT2D eigenvalue weighted by molar-refractivity contribution is 8.76. The molecular formula is C39H48N4O8S2. The number of fused-ring (bicyclic) bond motifs is 3. The van der Waals surface area contributed by atoms with Crippen molar-refractivity contribution in [2.45, 2.75) is 112 Å². The Labute approximate surface area is 315 Å². The van der Waals surface area contributed by atoms with Crippen molar-refractivity contribution < 1.29 is 34.4 Å². The number of hydrogen-bond donors (Lipinski definition) is 7. The molecular weight excluding hydrogens is 717 g/mol. The second kappa shape index (κ2) is 13.4. The summed E-state index contributed by atoms with van der Waals surface area (Å²) >= 11 is 0. The van der Waals surface area contributed by atoms with Crippen LogP contribution in [0.3, 0.4) is 0 Å². The molecule has 3 aliphatic carbocycles. The average molecular weight is 765 g/mol. The Bertz CT molecular complexity index is 2030. The lowest BCUT2D eigenvalue weighted by Crippen LogP contribution is -2.62. The van der Waals surface area contributed by atoms with E-state index in [9.17, 15) is 20.5 Å². The number of aliphatic imine (C=N–C) groups is 1. The molecule has 2 aromatic carbocycles. The van der Waals surface area contributed by atoms with Crippen LogP contribution >= 0.6 is 21.6 Å². The predicted molar refractivity (Wildman–Crippen MR) is 207 cm³/mol. The molecule has 0 saturated heterocycles. The van der Waals surface area contributed by atoms with E-state index < -0.39 is 40.8 Å². The van der Waals surface area contributed by atoms with Crippen LogP contribution in [-0.2, 0) is 17.8 Å². The standard InChI is InChI=1S/C39H48N4O8S2/c1-36(2,46)27-17-25-31(50-27)26-18-52-53-20-38(19-44,42-35(40)41)37(14-5-6-15-37)39(47)16-13-24(21-9-11-22(43-48)12-10-21)28-30(45)29(33(26)51-34(28)39)32(25)49-23-7-3-4-8-23/h9-13,16,23-24,27,43-44,46-48H,3-8,14-15,17-20H2,1-2H3,(H4,40,41,42)/t24-,27-,38-,39+/m0/s1. The molecule has 3 heterocycles. The number of rotatable bonds is 7. The molecule has 12 nitrogen and oxygen atoms in total. The first-order valence-electron chi connectivity index (χ1n) is 18.5. The molecule has 2 aliphatic heterocycles. The van der Waals surface area contributed by atoms with Crippen LogP contribution < -0.4 is 31.8 Å². The number of ether oxygens (including phenoxy) is 2. The molecule has 53 heavy (non-hydrogen) atoms. The Morgan fingerprint density at radius 2 is 1.81 bits per heavy atom. The maximum absolute atomic E-state index is 15.7. The molecule has 1 spiro atoms. The minimum absolute atomic E-state index is 0.0827. The van der Waals surface area contributed by atoms with E-state index in [-0.39, 0.29) is 40.2 Å². The SMILES string of the molecule is CC(C)(O)[C@@H]1Cc2c(c3c4oc5c(c(=O)c4c2OC2CCCC2)[C@H](c2ccc(NO)cc2)C=C[C@]5(O)C2(CCCC2)[C@@](CO)(N=C(N)N)CSSC3)O1. The zero-order chi connectivity index (χ0) is 37.3. The minimum Gasteiger partial charge on any atom is -0.489 e. The molecule has 0 unspecified atom stereocenters. The lowest BCUT2D eigenvalue weighted by atomic mass is 9.56. The number of allylic oxidation sites excluding steroid dienone is 1. The summed E-state index contributed by atoms with van der Waals surface area (Å²) in [4.78, 5) is 20.4. The lowest BCUT2D eigenvalue weighted by Gasteiger charge is -2.54. The molecule has 284 valence electrons. The predicted octanol–water partition coefficient (Wildman–Crippen LogP) is 5.34. The fourth-order valence-corrected chi connectivity index (χ4v) is 12.2. The van der Waals surface area contributed by atoms with Crippen molar-refractivity contribution in [1.29, 1.82) is 0 Å². The summed E-state index contributed by atoms with van der Waals surface area (Å²) in [7, 11) is 2.99. The van der Waals surface area contributed by atoms with E-state index in [1.165, 1.54) is 21.6 Å². The van der Waals surface area contributed by atoms with E-state index in [1.807, 2.05) is 18.2 Å². The molecule has 4 atom stereocenters. The number of guanidine groups is 1. The normalized spacial score (nSPS) is 27.8. The van der Waals surface area contributed by atoms with Gasteiger partial charge in [-0.3, -0.25) is 15.5 Å². The quantitative estimate of drug-likeness (QED) is 0.0534. The highest BCUT2D eigenvalue weighted by Crippen LogP contribution is 2.64. The summed E-state index contributed by atoms with van der Waals surface area (Å²) in [5, 5.41) is 46.0. The number of nitrogens with two attached hydrogens (primary N) is 2. The van der Waals surface area contributed by atoms with Crippen LogP contribution in [0.15, 0.2) is 50.6 Å². The van der Waals surface area contributed by atoms with Crippen molar-refractivity contribution in [3.63, 3.8) is 0 Å². The summed E-state index contributed by atoms with van der Waals surface area (Å²) in [6, 6.07) is 7.07. The van der Waals surface area contributed by atoms with Gasteiger partial charge in [-0.05, 0) is 76.1 Å². The van der Waals surface area contributed by atoms with Crippen LogP contribution in [0.25, 0.3) is 11.0 Å². The van der Waals surface area contributed by atoms with Crippen molar-refractivity contribution in [3.8, 4) is 11.5 Å². The summed E-state index contributed by atoms with van der Waals surface area (Å²) in [5.41, 5.74) is 11.6. The molecule has 9 N–H and O–H groups in total. The van der Waals surface area contributed by atoms with Gasteiger partial charge in [0.15, 0.2) is 5.96 Å². The molecule has 1 aromatic heterocycles. The smallest absolute Gasteiger partial charge is 0.201 e. The summed E-state index contributed by atoms with van der Waals surface area (Å²) in [5.74, 6) is 0.782. The third-order valence-corrected chi connectivity index (χ3v) is 14.7. The molecule has 0 amide bonds. The van der Waals surface area contributed by atoms with Crippen LogP contribution in [0.4, 0.5) is 5.69 Å². The van der Waals surface area contributed by atoms with Crippen LogP contribution in [0.5, 0.6) is 11.5 Å². The second-order valence-corrected chi connectivity index (χ2v) is 18.3. The van der Waals surface area contributed by atoms with Crippen molar-refractivity contribution in [1.82, 2.24) is 0 Å². The van der Waals surface area contributed by atoms with Gasteiger partial charge in [0.25, 0.3) is 0 Å². The van der Waals surface area contributed by atoms with E-state index in [0.717, 1.165) is 49.7 Å². The number of aliphatic hydroxyl groups excluding tert-OH is 1. The topological polar surface area (TPSA) is 206 Å². The van der Waals surface area contributed by atoms with Gasteiger partial charge in [-0.2, -0.15) is 0 Å². The Morgan fingerprint density at radius 1 is 1.09 bits per heavy atom. The number of nitrogens with one attached hydrogen (secondary N) is 1. The van der Waals surface area contributed by atoms with Crippen LogP contribution in [0.2, 0.25) is 0 Å². The Kier molecular flexibility index (Phi) is 9.26. The fourth-order valence-electron chi connectivity index (χ4n) is 9.60. The largest absolute Gasteiger partial charge is 0.489 e. The van der Waals surface area contributed by atoms with Crippen molar-refractivity contribution in [3.05, 3.63) is 74.7 Å². The first-order chi connectivity index (χ1) is 25.4. The Hall–Kier alpha value is -3.40. The highest BCUT2D eigenvalue weighted by atomic mass is 33.1. The first kappa shape index (κ1) is 36.6. The molecule has 14 heteroatoms. The van der Waals surface area contributed by atoms with Gasteiger partial charge in [0, 0.05) is 40.4 Å². The first-order valence-corrected chi connectivity index (χ1v) is 21.0. The second-order valence-electron chi connectivity index (χ2n) is 15.9. The monoisotopic (exact) mass is 764 g/mol. The highest BCUT2D eigenvalue weighted by Gasteiger charge is 2.66. The number of aliphatic hydroxyl groups is 3. The van der Waals surface area contributed by atoms with Gasteiger partial charge in [0.2, 0.25) is 5.43 Å². The van der Waals surface area contributed by atoms with Gasteiger partial charge in [0.05, 0.1) is 29.6 Å². The van der Waals surface area contributed by atoms with Crippen LogP contribution in [0.1, 0.15) is 99.1 Å². The van der Waals surface area contributed by atoms with E-state index in [2.05, 4.69) is 5.48 Å². The Morgan fingerprint density at radius 3 is 2.45 bits per heavy atom. The summed E-state index contributed by atoms with van der Waals surface area (Å²) < 4.78 is 20.6. The molecule has 2 bridgehead atoms. The third-order valence-electron chi connectivity index (χ3n) is 12.3. The van der Waals surface area contributed by atoms with Gasteiger partial charge in [0.1, 0.15) is 45.5 Å². The number of anilines is 1.